The average molecular weight is 308 g/mol. The first-order valence-electron chi connectivity index (χ1n) is 7.94. The summed E-state index contributed by atoms with van der Waals surface area (Å²) in [6.07, 6.45) is 2.63. The zero-order valence-electron chi connectivity index (χ0n) is 13.4. The molecule has 0 aliphatic heterocycles. The fourth-order valence-electron chi connectivity index (χ4n) is 2.56. The second kappa shape index (κ2) is 6.60. The summed E-state index contributed by atoms with van der Waals surface area (Å²) in [5.74, 6) is -0.0768. The lowest BCUT2D eigenvalue weighted by Crippen LogP contribution is -2.24. The van der Waals surface area contributed by atoms with Crippen molar-refractivity contribution in [2.24, 2.45) is 0 Å². The van der Waals surface area contributed by atoms with E-state index in [2.05, 4.69) is 10.4 Å². The molecule has 1 aromatic carbocycles. The fraction of sp³-hybridized carbons (Fsp3) is 0.278. The van der Waals surface area contributed by atoms with E-state index in [1.807, 2.05) is 54.9 Å². The van der Waals surface area contributed by atoms with Crippen LogP contribution in [-0.2, 0) is 6.54 Å². The first-order chi connectivity index (χ1) is 11.2. The number of pyridine rings is 1. The summed E-state index contributed by atoms with van der Waals surface area (Å²) in [6.45, 7) is 5.42. The zero-order valence-corrected chi connectivity index (χ0v) is 13.4. The molecule has 3 rings (SSSR count). The van der Waals surface area contributed by atoms with E-state index >= 15 is 0 Å². The number of rotatable bonds is 5. The van der Waals surface area contributed by atoms with E-state index < -0.39 is 0 Å². The number of aryl methyl sites for hydroxylation is 1. The highest BCUT2D eigenvalue weighted by Gasteiger charge is 2.16. The molecule has 0 unspecified atom stereocenters. The van der Waals surface area contributed by atoms with Gasteiger partial charge in [0.25, 0.3) is 5.91 Å². The van der Waals surface area contributed by atoms with Gasteiger partial charge in [-0.25, -0.2) is 9.67 Å². The predicted molar refractivity (Wildman–Crippen MR) is 91.3 cm³/mol. The fourth-order valence-corrected chi connectivity index (χ4v) is 2.56. The van der Waals surface area contributed by atoms with Crippen molar-refractivity contribution in [1.82, 2.24) is 20.1 Å². The molecule has 0 spiro atoms. The summed E-state index contributed by atoms with van der Waals surface area (Å²) in [4.78, 5) is 17.2. The standard InChI is InChI=1S/C18H20N4O/c1-3-10-19-18(23)14-11-16(13-8-6-5-7-9-13)21-17-15(14)12-20-22(17)4-2/h5-9,11-12H,3-4,10H2,1-2H3,(H,19,23). The van der Waals surface area contributed by atoms with E-state index in [0.29, 0.717) is 18.7 Å². The van der Waals surface area contributed by atoms with Crippen molar-refractivity contribution in [3.05, 3.63) is 48.2 Å². The molecule has 0 atom stereocenters. The molecule has 0 fully saturated rings. The van der Waals surface area contributed by atoms with Gasteiger partial charge in [-0.05, 0) is 19.4 Å². The molecule has 5 nitrogen and oxygen atoms in total. The maximum Gasteiger partial charge on any atom is 0.252 e. The Balaban J connectivity index is 2.17. The molecule has 1 N–H and O–H groups in total. The van der Waals surface area contributed by atoms with Gasteiger partial charge in [-0.3, -0.25) is 4.79 Å². The van der Waals surface area contributed by atoms with E-state index in [4.69, 9.17) is 4.98 Å². The minimum atomic E-state index is -0.0768. The third-order valence-electron chi connectivity index (χ3n) is 3.76. The van der Waals surface area contributed by atoms with Crippen molar-refractivity contribution >= 4 is 16.9 Å². The number of amides is 1. The molecule has 118 valence electrons. The van der Waals surface area contributed by atoms with Crippen LogP contribution in [0.1, 0.15) is 30.6 Å². The largest absolute Gasteiger partial charge is 0.352 e. The molecular weight excluding hydrogens is 288 g/mol. The van der Waals surface area contributed by atoms with Crippen molar-refractivity contribution in [2.75, 3.05) is 6.54 Å². The van der Waals surface area contributed by atoms with Crippen molar-refractivity contribution in [2.45, 2.75) is 26.8 Å². The summed E-state index contributed by atoms with van der Waals surface area (Å²) in [5.41, 5.74) is 3.15. The molecule has 0 radical (unpaired) electrons. The zero-order chi connectivity index (χ0) is 16.2. The van der Waals surface area contributed by atoms with Crippen LogP contribution in [0.4, 0.5) is 0 Å². The monoisotopic (exact) mass is 308 g/mol. The average Bonchev–Trinajstić information content (AvgIpc) is 3.02. The molecule has 0 saturated carbocycles. The molecule has 0 aliphatic carbocycles. The van der Waals surface area contributed by atoms with E-state index in [0.717, 1.165) is 28.7 Å². The number of carbonyl (C=O) groups excluding carboxylic acids is 1. The molecule has 3 aromatic rings. The van der Waals surface area contributed by atoms with E-state index in [-0.39, 0.29) is 5.91 Å². The molecule has 2 heterocycles. The van der Waals surface area contributed by atoms with Gasteiger partial charge in [0.15, 0.2) is 5.65 Å². The number of nitrogens with one attached hydrogen (secondary N) is 1. The molecule has 23 heavy (non-hydrogen) atoms. The van der Waals surface area contributed by atoms with Crippen LogP contribution in [0.3, 0.4) is 0 Å². The molecule has 0 aliphatic rings. The molecule has 2 aromatic heterocycles. The lowest BCUT2D eigenvalue weighted by Gasteiger charge is -2.09. The minimum absolute atomic E-state index is 0.0768. The Morgan fingerprint density at radius 1 is 1.22 bits per heavy atom. The SMILES string of the molecule is CCCNC(=O)c1cc(-c2ccccc2)nc2c1cnn2CC. The van der Waals surface area contributed by atoms with Gasteiger partial charge in [0.1, 0.15) is 0 Å². The van der Waals surface area contributed by atoms with Gasteiger partial charge in [-0.15, -0.1) is 0 Å². The minimum Gasteiger partial charge on any atom is -0.352 e. The lowest BCUT2D eigenvalue weighted by molar-refractivity contribution is 0.0955. The van der Waals surface area contributed by atoms with Crippen LogP contribution in [0.2, 0.25) is 0 Å². The highest BCUT2D eigenvalue weighted by Crippen LogP contribution is 2.24. The first kappa shape index (κ1) is 15.2. The van der Waals surface area contributed by atoms with Crippen LogP contribution in [0.5, 0.6) is 0 Å². The Morgan fingerprint density at radius 2 is 2.00 bits per heavy atom. The van der Waals surface area contributed by atoms with Crippen molar-refractivity contribution < 1.29 is 4.79 Å². The normalized spacial score (nSPS) is 10.9. The third kappa shape index (κ3) is 2.95. The van der Waals surface area contributed by atoms with Crippen LogP contribution < -0.4 is 5.32 Å². The molecule has 5 heteroatoms. The van der Waals surface area contributed by atoms with Crippen molar-refractivity contribution in [3.63, 3.8) is 0 Å². The maximum atomic E-state index is 12.5. The van der Waals surface area contributed by atoms with E-state index in [1.165, 1.54) is 0 Å². The van der Waals surface area contributed by atoms with Crippen LogP contribution >= 0.6 is 0 Å². The Hall–Kier alpha value is -2.69. The molecular formula is C18H20N4O. The Morgan fingerprint density at radius 3 is 2.70 bits per heavy atom. The summed E-state index contributed by atoms with van der Waals surface area (Å²) in [7, 11) is 0. The second-order valence-corrected chi connectivity index (χ2v) is 5.37. The van der Waals surface area contributed by atoms with Crippen LogP contribution in [0.25, 0.3) is 22.3 Å². The van der Waals surface area contributed by atoms with Gasteiger partial charge in [-0.2, -0.15) is 5.10 Å². The van der Waals surface area contributed by atoms with Crippen molar-refractivity contribution in [3.8, 4) is 11.3 Å². The number of hydrogen-bond donors (Lipinski definition) is 1. The summed E-state index contributed by atoms with van der Waals surface area (Å²) < 4.78 is 1.82. The number of aromatic nitrogens is 3. The predicted octanol–water partition coefficient (Wildman–Crippen LogP) is 3.26. The maximum absolute atomic E-state index is 12.5. The number of hydrogen-bond acceptors (Lipinski definition) is 3. The summed E-state index contributed by atoms with van der Waals surface area (Å²) in [6, 6.07) is 11.7. The Bertz CT molecular complexity index is 824. The second-order valence-electron chi connectivity index (χ2n) is 5.37. The summed E-state index contributed by atoms with van der Waals surface area (Å²) in [5, 5.41) is 8.08. The molecule has 0 saturated heterocycles. The number of nitrogens with zero attached hydrogens (tertiary/aromatic N) is 3. The number of fused-ring (bicyclic) bond motifs is 1. The quantitative estimate of drug-likeness (QED) is 0.787. The van der Waals surface area contributed by atoms with Crippen LogP contribution in [0, 0.1) is 0 Å². The Kier molecular flexibility index (Phi) is 4.37. The summed E-state index contributed by atoms with van der Waals surface area (Å²) >= 11 is 0. The van der Waals surface area contributed by atoms with Crippen LogP contribution in [0.15, 0.2) is 42.6 Å². The van der Waals surface area contributed by atoms with Gasteiger partial charge < -0.3 is 5.32 Å². The first-order valence-corrected chi connectivity index (χ1v) is 7.94. The number of carbonyl (C=O) groups is 1. The van der Waals surface area contributed by atoms with Gasteiger partial charge in [0.05, 0.1) is 22.8 Å². The van der Waals surface area contributed by atoms with Gasteiger partial charge in [0, 0.05) is 18.7 Å². The van der Waals surface area contributed by atoms with E-state index in [9.17, 15) is 4.79 Å². The lowest BCUT2D eigenvalue weighted by atomic mass is 10.1. The highest BCUT2D eigenvalue weighted by molar-refractivity contribution is 6.06. The van der Waals surface area contributed by atoms with Gasteiger partial charge in [-0.1, -0.05) is 37.3 Å². The van der Waals surface area contributed by atoms with Crippen molar-refractivity contribution in [1.29, 1.82) is 0 Å². The topological polar surface area (TPSA) is 59.8 Å². The van der Waals surface area contributed by atoms with Gasteiger partial charge in [0.2, 0.25) is 0 Å². The van der Waals surface area contributed by atoms with E-state index in [1.54, 1.807) is 6.20 Å². The molecule has 1 amide bonds. The third-order valence-corrected chi connectivity index (χ3v) is 3.76. The molecule has 0 bridgehead atoms. The smallest absolute Gasteiger partial charge is 0.252 e. The number of benzene rings is 1. The van der Waals surface area contributed by atoms with Gasteiger partial charge >= 0.3 is 0 Å². The Labute approximate surface area is 135 Å². The highest BCUT2D eigenvalue weighted by atomic mass is 16.1. The van der Waals surface area contributed by atoms with Crippen LogP contribution in [-0.4, -0.2) is 27.2 Å².